The van der Waals surface area contributed by atoms with Gasteiger partial charge in [-0.15, -0.1) is 0 Å². The van der Waals surface area contributed by atoms with Crippen LogP contribution in [0.15, 0.2) is 54.6 Å². The number of hydrogen-bond acceptors (Lipinski definition) is 1. The third-order valence-corrected chi connectivity index (χ3v) is 3.89. The zero-order valence-corrected chi connectivity index (χ0v) is 12.1. The van der Waals surface area contributed by atoms with E-state index in [4.69, 9.17) is 11.6 Å². The molecule has 1 nitrogen and oxygen atoms in total. The molecule has 3 aromatic carbocycles. The maximum atomic E-state index is 13.4. The molecule has 104 valence electrons. The number of fused-ring (bicyclic) bond motifs is 1. The van der Waals surface area contributed by atoms with E-state index in [1.54, 1.807) is 25.1 Å². The van der Waals surface area contributed by atoms with Crippen LogP contribution in [0.1, 0.15) is 21.5 Å². The van der Waals surface area contributed by atoms with Gasteiger partial charge in [-0.3, -0.25) is 4.79 Å². The molecule has 0 aromatic heterocycles. The van der Waals surface area contributed by atoms with E-state index in [1.807, 2.05) is 24.3 Å². The number of ketones is 1. The minimum absolute atomic E-state index is 0.195. The fraction of sp³-hybridized carbons (Fsp3) is 0.0556. The van der Waals surface area contributed by atoms with Gasteiger partial charge in [0.1, 0.15) is 5.82 Å². The molecule has 0 heterocycles. The van der Waals surface area contributed by atoms with Crippen molar-refractivity contribution >= 4 is 28.2 Å². The minimum atomic E-state index is -0.415. The first-order chi connectivity index (χ1) is 10.1. The van der Waals surface area contributed by atoms with Gasteiger partial charge in [0, 0.05) is 21.5 Å². The largest absolute Gasteiger partial charge is 0.289 e. The molecule has 0 aliphatic heterocycles. The van der Waals surface area contributed by atoms with Gasteiger partial charge in [0.05, 0.1) is 0 Å². The summed E-state index contributed by atoms with van der Waals surface area (Å²) in [4.78, 5) is 12.7. The molecule has 3 heteroatoms. The second-order valence-corrected chi connectivity index (χ2v) is 5.34. The molecule has 0 aliphatic rings. The lowest BCUT2D eigenvalue weighted by atomic mass is 9.95. The van der Waals surface area contributed by atoms with Crippen LogP contribution in [0.5, 0.6) is 0 Å². The third-order valence-electron chi connectivity index (χ3n) is 3.56. The molecular weight excluding hydrogens is 287 g/mol. The highest BCUT2D eigenvalue weighted by Gasteiger charge is 2.16. The van der Waals surface area contributed by atoms with Gasteiger partial charge in [-0.2, -0.15) is 0 Å². The number of halogens is 2. The van der Waals surface area contributed by atoms with Gasteiger partial charge in [-0.05, 0) is 42.1 Å². The third kappa shape index (κ3) is 2.43. The summed E-state index contributed by atoms with van der Waals surface area (Å²) in [5, 5.41) is 2.19. The van der Waals surface area contributed by atoms with Crippen molar-refractivity contribution in [3.8, 4) is 0 Å². The highest BCUT2D eigenvalue weighted by molar-refractivity contribution is 6.36. The number of rotatable bonds is 2. The van der Waals surface area contributed by atoms with Crippen LogP contribution in [0.2, 0.25) is 5.02 Å². The van der Waals surface area contributed by atoms with Crippen LogP contribution < -0.4 is 0 Å². The Kier molecular flexibility index (Phi) is 3.48. The highest BCUT2D eigenvalue weighted by atomic mass is 35.5. The summed E-state index contributed by atoms with van der Waals surface area (Å²) in [5.41, 5.74) is 1.66. The number of benzene rings is 3. The van der Waals surface area contributed by atoms with Crippen molar-refractivity contribution in [2.75, 3.05) is 0 Å². The minimum Gasteiger partial charge on any atom is -0.289 e. The SMILES string of the molecule is Cc1ccc(F)cc1C(=O)c1ccc(Cl)c2ccccc12. The molecule has 21 heavy (non-hydrogen) atoms. The molecule has 0 amide bonds. The average molecular weight is 299 g/mol. The predicted octanol–water partition coefficient (Wildman–Crippen LogP) is 5.17. The fourth-order valence-electron chi connectivity index (χ4n) is 2.44. The first kappa shape index (κ1) is 13.8. The smallest absolute Gasteiger partial charge is 0.194 e. The molecule has 0 saturated carbocycles. The van der Waals surface area contributed by atoms with Crippen molar-refractivity contribution in [2.24, 2.45) is 0 Å². The quantitative estimate of drug-likeness (QED) is 0.596. The van der Waals surface area contributed by atoms with Crippen LogP contribution in [0.3, 0.4) is 0 Å². The number of aryl methyl sites for hydroxylation is 1. The lowest BCUT2D eigenvalue weighted by Crippen LogP contribution is -2.05. The molecule has 0 spiro atoms. The zero-order chi connectivity index (χ0) is 15.0. The number of carbonyl (C=O) groups excluding carboxylic acids is 1. The molecule has 3 aromatic rings. The molecule has 0 saturated heterocycles. The molecule has 0 aliphatic carbocycles. The number of carbonyl (C=O) groups is 1. The van der Waals surface area contributed by atoms with E-state index in [2.05, 4.69) is 0 Å². The summed E-state index contributed by atoms with van der Waals surface area (Å²) in [6.07, 6.45) is 0. The van der Waals surface area contributed by atoms with E-state index in [-0.39, 0.29) is 5.78 Å². The Morgan fingerprint density at radius 2 is 1.67 bits per heavy atom. The van der Waals surface area contributed by atoms with Crippen molar-refractivity contribution in [1.29, 1.82) is 0 Å². The molecule has 0 bridgehead atoms. The maximum absolute atomic E-state index is 13.4. The Bertz CT molecular complexity index is 855. The number of hydrogen-bond donors (Lipinski definition) is 0. The normalized spacial score (nSPS) is 10.8. The predicted molar refractivity (Wildman–Crippen MR) is 83.5 cm³/mol. The average Bonchev–Trinajstić information content (AvgIpc) is 2.50. The van der Waals surface area contributed by atoms with Crippen molar-refractivity contribution < 1.29 is 9.18 Å². The summed E-state index contributed by atoms with van der Waals surface area (Å²) in [6.45, 7) is 1.80. The monoisotopic (exact) mass is 298 g/mol. The zero-order valence-electron chi connectivity index (χ0n) is 11.4. The Hall–Kier alpha value is -2.19. The highest BCUT2D eigenvalue weighted by Crippen LogP contribution is 2.28. The van der Waals surface area contributed by atoms with E-state index in [0.717, 1.165) is 16.3 Å². The molecule has 0 atom stereocenters. The maximum Gasteiger partial charge on any atom is 0.194 e. The summed E-state index contributed by atoms with van der Waals surface area (Å²) in [5.74, 6) is -0.609. The lowest BCUT2D eigenvalue weighted by molar-refractivity contribution is 0.103. The van der Waals surface area contributed by atoms with Crippen LogP contribution in [-0.4, -0.2) is 5.78 Å². The second kappa shape index (κ2) is 5.30. The first-order valence-corrected chi connectivity index (χ1v) is 6.94. The van der Waals surface area contributed by atoms with Gasteiger partial charge in [-0.1, -0.05) is 41.9 Å². The summed E-state index contributed by atoms with van der Waals surface area (Å²) >= 11 is 6.16. The molecular formula is C18H12ClFO. The Labute approximate surface area is 127 Å². The van der Waals surface area contributed by atoms with Crippen LogP contribution in [0.25, 0.3) is 10.8 Å². The van der Waals surface area contributed by atoms with Gasteiger partial charge in [-0.25, -0.2) is 4.39 Å². The Morgan fingerprint density at radius 1 is 0.952 bits per heavy atom. The van der Waals surface area contributed by atoms with Gasteiger partial charge >= 0.3 is 0 Å². The summed E-state index contributed by atoms with van der Waals surface area (Å²) < 4.78 is 13.4. The van der Waals surface area contributed by atoms with E-state index < -0.39 is 5.82 Å². The van der Waals surface area contributed by atoms with Crippen LogP contribution >= 0.6 is 11.6 Å². The van der Waals surface area contributed by atoms with Crippen molar-refractivity contribution in [3.63, 3.8) is 0 Å². The van der Waals surface area contributed by atoms with E-state index in [0.29, 0.717) is 16.1 Å². The van der Waals surface area contributed by atoms with Crippen LogP contribution in [0.4, 0.5) is 4.39 Å². The summed E-state index contributed by atoms with van der Waals surface area (Å²) in [6, 6.07) is 15.1. The fourth-order valence-corrected chi connectivity index (χ4v) is 2.67. The topological polar surface area (TPSA) is 17.1 Å². The molecule has 0 radical (unpaired) electrons. The van der Waals surface area contributed by atoms with E-state index in [9.17, 15) is 9.18 Å². The molecule has 0 unspecified atom stereocenters. The van der Waals surface area contributed by atoms with Gasteiger partial charge in [0.25, 0.3) is 0 Å². The van der Waals surface area contributed by atoms with Crippen LogP contribution in [0, 0.1) is 12.7 Å². The van der Waals surface area contributed by atoms with Gasteiger partial charge < -0.3 is 0 Å². The lowest BCUT2D eigenvalue weighted by Gasteiger charge is -2.09. The first-order valence-electron chi connectivity index (χ1n) is 6.56. The van der Waals surface area contributed by atoms with Crippen molar-refractivity contribution in [2.45, 2.75) is 6.92 Å². The standard InChI is InChI=1S/C18H12ClFO/c1-11-6-7-12(20)10-16(11)18(21)15-8-9-17(19)14-5-3-2-4-13(14)15/h2-10H,1H3. The van der Waals surface area contributed by atoms with Gasteiger partial charge in [0.15, 0.2) is 5.78 Å². The second-order valence-electron chi connectivity index (χ2n) is 4.93. The van der Waals surface area contributed by atoms with E-state index in [1.165, 1.54) is 12.1 Å². The van der Waals surface area contributed by atoms with Crippen LogP contribution in [-0.2, 0) is 0 Å². The molecule has 0 N–H and O–H groups in total. The Balaban J connectivity index is 2.23. The Morgan fingerprint density at radius 3 is 2.43 bits per heavy atom. The van der Waals surface area contributed by atoms with E-state index >= 15 is 0 Å². The molecule has 3 rings (SSSR count). The van der Waals surface area contributed by atoms with Crippen molar-refractivity contribution in [1.82, 2.24) is 0 Å². The van der Waals surface area contributed by atoms with Gasteiger partial charge in [0.2, 0.25) is 0 Å². The van der Waals surface area contributed by atoms with Crippen molar-refractivity contribution in [3.05, 3.63) is 82.1 Å². The summed E-state index contributed by atoms with van der Waals surface area (Å²) in [7, 11) is 0. The molecule has 0 fully saturated rings.